The van der Waals surface area contributed by atoms with Crippen LogP contribution >= 0.6 is 0 Å². The van der Waals surface area contributed by atoms with Crippen LogP contribution in [-0.4, -0.2) is 27.7 Å². The molecule has 1 aliphatic heterocycles. The predicted molar refractivity (Wildman–Crippen MR) is 134 cm³/mol. The highest BCUT2D eigenvalue weighted by Crippen LogP contribution is 2.36. The number of hydrogen-bond donors (Lipinski definition) is 2. The van der Waals surface area contributed by atoms with Crippen LogP contribution in [0.4, 0.5) is 5.69 Å². The molecule has 0 spiro atoms. The molecule has 35 heavy (non-hydrogen) atoms. The molecule has 1 saturated heterocycles. The van der Waals surface area contributed by atoms with Crippen LogP contribution in [0.15, 0.2) is 79.1 Å². The first kappa shape index (κ1) is 22.4. The van der Waals surface area contributed by atoms with Gasteiger partial charge in [0.05, 0.1) is 22.2 Å². The van der Waals surface area contributed by atoms with Gasteiger partial charge in [0.25, 0.3) is 5.91 Å². The summed E-state index contributed by atoms with van der Waals surface area (Å²) in [5, 5.41) is 6.19. The molecule has 174 valence electrons. The van der Waals surface area contributed by atoms with Crippen molar-refractivity contribution in [3.05, 3.63) is 90.3 Å². The van der Waals surface area contributed by atoms with E-state index in [1.54, 1.807) is 30.6 Å². The number of nitrogens with zero attached hydrogens (tertiary/aromatic N) is 2. The number of nitrogens with one attached hydrogen (secondary N) is 2. The van der Waals surface area contributed by atoms with Gasteiger partial charge in [-0.2, -0.15) is 0 Å². The fourth-order valence-corrected chi connectivity index (χ4v) is 4.66. The summed E-state index contributed by atoms with van der Waals surface area (Å²) in [5.41, 5.74) is 3.42. The molecule has 7 nitrogen and oxygen atoms in total. The number of imide groups is 1. The quantitative estimate of drug-likeness (QED) is 0.419. The molecule has 0 bridgehead atoms. The number of piperidine rings is 1. The number of fused-ring (bicyclic) bond motifs is 1. The van der Waals surface area contributed by atoms with Gasteiger partial charge in [0.2, 0.25) is 11.8 Å². The van der Waals surface area contributed by atoms with Crippen molar-refractivity contribution in [3.8, 4) is 11.3 Å². The third-order valence-electron chi connectivity index (χ3n) is 6.68. The maximum absolute atomic E-state index is 13.3. The van der Waals surface area contributed by atoms with Crippen LogP contribution in [0, 0.1) is 0 Å². The Labute approximate surface area is 202 Å². The predicted octanol–water partition coefficient (Wildman–Crippen LogP) is 4.63. The molecule has 0 aliphatic carbocycles. The number of carbonyl (C=O) groups excluding carboxylic acids is 3. The number of para-hydroxylation sites is 1. The van der Waals surface area contributed by atoms with Gasteiger partial charge in [0.1, 0.15) is 0 Å². The lowest BCUT2D eigenvalue weighted by Crippen LogP contribution is -2.51. The largest absolute Gasteiger partial charge is 0.322 e. The van der Waals surface area contributed by atoms with Crippen molar-refractivity contribution in [3.63, 3.8) is 0 Å². The molecule has 1 aliphatic rings. The molecule has 5 rings (SSSR count). The second-order valence-corrected chi connectivity index (χ2v) is 8.66. The number of aromatic nitrogens is 2. The first-order chi connectivity index (χ1) is 17.0. The Bertz CT molecular complexity index is 1430. The van der Waals surface area contributed by atoms with E-state index in [-0.39, 0.29) is 17.7 Å². The number of amides is 3. The van der Waals surface area contributed by atoms with E-state index in [0.29, 0.717) is 36.2 Å². The van der Waals surface area contributed by atoms with E-state index in [9.17, 15) is 14.4 Å². The topological polar surface area (TPSA) is 101 Å². The monoisotopic (exact) mass is 464 g/mol. The van der Waals surface area contributed by atoms with E-state index in [0.717, 1.165) is 22.0 Å². The smallest absolute Gasteiger partial charge is 0.256 e. The summed E-state index contributed by atoms with van der Waals surface area (Å²) >= 11 is 0. The Morgan fingerprint density at radius 3 is 2.57 bits per heavy atom. The summed E-state index contributed by atoms with van der Waals surface area (Å²) in [7, 11) is 0. The van der Waals surface area contributed by atoms with E-state index >= 15 is 0 Å². The Morgan fingerprint density at radius 2 is 1.86 bits per heavy atom. The fourth-order valence-electron chi connectivity index (χ4n) is 4.66. The number of hydrogen-bond acceptors (Lipinski definition) is 5. The number of rotatable bonds is 5. The first-order valence-electron chi connectivity index (χ1n) is 11.6. The van der Waals surface area contributed by atoms with E-state index in [1.165, 1.54) is 0 Å². The average Bonchev–Trinajstić information content (AvgIpc) is 2.89. The van der Waals surface area contributed by atoms with Gasteiger partial charge in [-0.25, -0.2) is 4.98 Å². The van der Waals surface area contributed by atoms with Crippen molar-refractivity contribution in [1.29, 1.82) is 0 Å². The molecule has 2 aromatic carbocycles. The maximum atomic E-state index is 13.3. The zero-order chi connectivity index (χ0) is 24.4. The standard InChI is InChI=1S/C28H24N4O3/c1-2-28(14-13-25(33)32-27(28)35)19-9-11-20(12-10-19)30-26(34)22-16-24(18-6-5-15-29-17-18)31-23-8-4-3-7-21(22)23/h3-12,15-17H,2,13-14H2,1H3,(H,30,34)(H,32,33,35). The van der Waals surface area contributed by atoms with Crippen LogP contribution in [0.3, 0.4) is 0 Å². The van der Waals surface area contributed by atoms with E-state index in [2.05, 4.69) is 15.6 Å². The number of anilines is 1. The Balaban J connectivity index is 1.45. The summed E-state index contributed by atoms with van der Waals surface area (Å²) in [6, 6.07) is 20.3. The molecule has 0 radical (unpaired) electrons. The average molecular weight is 465 g/mol. The van der Waals surface area contributed by atoms with Crippen molar-refractivity contribution >= 4 is 34.3 Å². The summed E-state index contributed by atoms with van der Waals surface area (Å²) < 4.78 is 0. The van der Waals surface area contributed by atoms with E-state index < -0.39 is 5.41 Å². The molecular formula is C28H24N4O3. The van der Waals surface area contributed by atoms with Gasteiger partial charge in [-0.3, -0.25) is 24.7 Å². The highest BCUT2D eigenvalue weighted by Gasteiger charge is 2.42. The molecular weight excluding hydrogens is 440 g/mol. The van der Waals surface area contributed by atoms with Gasteiger partial charge < -0.3 is 5.32 Å². The lowest BCUT2D eigenvalue weighted by atomic mass is 9.72. The van der Waals surface area contributed by atoms with Crippen LogP contribution in [0.1, 0.15) is 42.1 Å². The highest BCUT2D eigenvalue weighted by molar-refractivity contribution is 6.13. The molecule has 1 atom stereocenters. The highest BCUT2D eigenvalue weighted by atomic mass is 16.2. The van der Waals surface area contributed by atoms with Crippen LogP contribution in [0.25, 0.3) is 22.2 Å². The van der Waals surface area contributed by atoms with Gasteiger partial charge in [-0.1, -0.05) is 37.3 Å². The minimum absolute atomic E-state index is 0.238. The molecule has 4 aromatic rings. The van der Waals surface area contributed by atoms with E-state index in [1.807, 2.05) is 55.5 Å². The SMILES string of the molecule is CCC1(c2ccc(NC(=O)c3cc(-c4cccnc4)nc4ccccc34)cc2)CCC(=O)NC1=O. The van der Waals surface area contributed by atoms with Crippen molar-refractivity contribution in [2.45, 2.75) is 31.6 Å². The zero-order valence-corrected chi connectivity index (χ0v) is 19.2. The minimum Gasteiger partial charge on any atom is -0.322 e. The van der Waals surface area contributed by atoms with Gasteiger partial charge >= 0.3 is 0 Å². The molecule has 0 saturated carbocycles. The van der Waals surface area contributed by atoms with Gasteiger partial charge in [-0.05, 0) is 54.8 Å². The molecule has 3 amide bonds. The molecule has 1 fully saturated rings. The summed E-state index contributed by atoms with van der Waals surface area (Å²) in [6.45, 7) is 1.94. The fraction of sp³-hybridized carbons (Fsp3) is 0.179. The minimum atomic E-state index is -0.740. The van der Waals surface area contributed by atoms with Crippen LogP contribution < -0.4 is 10.6 Å². The Kier molecular flexibility index (Phi) is 5.82. The summed E-state index contributed by atoms with van der Waals surface area (Å²) in [6.07, 6.45) is 4.78. The second kappa shape index (κ2) is 9.10. The molecule has 1 unspecified atom stereocenters. The molecule has 3 heterocycles. The Hall–Kier alpha value is -4.39. The van der Waals surface area contributed by atoms with Gasteiger partial charge in [0.15, 0.2) is 0 Å². The van der Waals surface area contributed by atoms with Crippen LogP contribution in [-0.2, 0) is 15.0 Å². The summed E-state index contributed by atoms with van der Waals surface area (Å²) in [4.78, 5) is 46.5. The lowest BCUT2D eigenvalue weighted by Gasteiger charge is -2.35. The lowest BCUT2D eigenvalue weighted by molar-refractivity contribution is -0.138. The Morgan fingerprint density at radius 1 is 1.06 bits per heavy atom. The number of pyridine rings is 2. The number of carbonyl (C=O) groups is 3. The molecule has 7 heteroatoms. The third kappa shape index (κ3) is 4.17. The summed E-state index contributed by atoms with van der Waals surface area (Å²) in [5.74, 6) is -0.759. The van der Waals surface area contributed by atoms with Crippen molar-refractivity contribution in [2.24, 2.45) is 0 Å². The second-order valence-electron chi connectivity index (χ2n) is 8.66. The maximum Gasteiger partial charge on any atom is 0.256 e. The van der Waals surface area contributed by atoms with Crippen LogP contribution in [0.5, 0.6) is 0 Å². The zero-order valence-electron chi connectivity index (χ0n) is 19.2. The molecule has 2 aromatic heterocycles. The normalized spacial score (nSPS) is 17.7. The van der Waals surface area contributed by atoms with Crippen LogP contribution in [0.2, 0.25) is 0 Å². The van der Waals surface area contributed by atoms with Gasteiger partial charge in [0, 0.05) is 35.5 Å². The number of benzene rings is 2. The van der Waals surface area contributed by atoms with Crippen molar-refractivity contribution in [2.75, 3.05) is 5.32 Å². The van der Waals surface area contributed by atoms with Gasteiger partial charge in [-0.15, -0.1) is 0 Å². The first-order valence-corrected chi connectivity index (χ1v) is 11.6. The third-order valence-corrected chi connectivity index (χ3v) is 6.68. The van der Waals surface area contributed by atoms with Crippen molar-refractivity contribution in [1.82, 2.24) is 15.3 Å². The van der Waals surface area contributed by atoms with Crippen molar-refractivity contribution < 1.29 is 14.4 Å². The van der Waals surface area contributed by atoms with E-state index in [4.69, 9.17) is 4.98 Å². The molecule has 2 N–H and O–H groups in total.